The SMILES string of the molecule is CC(C)n1nnc(CN2CCNCC2)n1.O=C(O)C(F)(F)F.O=C(O)C(F)(F)F. The standard InChI is InChI=1S/C9H18N6.2C2HF3O2/c1-8(2)15-12-9(11-13-15)7-14-5-3-10-4-6-14;2*3-2(4,5)1(6)7/h8,10H,3-7H2,1-2H3;2*(H,6,7). The normalized spacial score (nSPS) is 15.1. The van der Waals surface area contributed by atoms with Crippen molar-refractivity contribution in [2.75, 3.05) is 26.2 Å². The molecule has 10 nitrogen and oxygen atoms in total. The maximum atomic E-state index is 10.6. The van der Waals surface area contributed by atoms with Crippen molar-refractivity contribution in [3.63, 3.8) is 0 Å². The quantitative estimate of drug-likeness (QED) is 0.589. The van der Waals surface area contributed by atoms with E-state index in [1.54, 1.807) is 4.80 Å². The molecule has 2 rings (SSSR count). The predicted molar refractivity (Wildman–Crippen MR) is 83.7 cm³/mol. The van der Waals surface area contributed by atoms with E-state index in [0.29, 0.717) is 0 Å². The van der Waals surface area contributed by atoms with Gasteiger partial charge in [-0.1, -0.05) is 0 Å². The number of hydrogen-bond acceptors (Lipinski definition) is 7. The summed E-state index contributed by atoms with van der Waals surface area (Å²) >= 11 is 0. The number of aromatic nitrogens is 4. The lowest BCUT2D eigenvalue weighted by Gasteiger charge is -2.25. The van der Waals surface area contributed by atoms with Gasteiger partial charge in [-0.15, -0.1) is 10.2 Å². The minimum atomic E-state index is -5.08. The zero-order valence-electron chi connectivity index (χ0n) is 15.3. The van der Waals surface area contributed by atoms with Crippen LogP contribution in [0.15, 0.2) is 0 Å². The second kappa shape index (κ2) is 11.5. The molecule has 168 valence electrons. The van der Waals surface area contributed by atoms with E-state index < -0.39 is 24.3 Å². The summed E-state index contributed by atoms with van der Waals surface area (Å²) in [5.41, 5.74) is 0. The molecule has 0 unspecified atom stereocenters. The first-order chi connectivity index (χ1) is 13.1. The summed E-state index contributed by atoms with van der Waals surface area (Å²) in [5, 5.41) is 30.0. The van der Waals surface area contributed by atoms with Crippen LogP contribution in [0.1, 0.15) is 25.7 Å². The zero-order chi connectivity index (χ0) is 22.8. The molecule has 1 saturated heterocycles. The third kappa shape index (κ3) is 11.8. The number of piperazine rings is 1. The molecule has 1 aromatic rings. The number of halogens is 6. The monoisotopic (exact) mass is 438 g/mol. The van der Waals surface area contributed by atoms with Gasteiger partial charge in [-0.3, -0.25) is 4.90 Å². The minimum Gasteiger partial charge on any atom is -0.475 e. The third-order valence-corrected chi connectivity index (χ3v) is 2.99. The smallest absolute Gasteiger partial charge is 0.475 e. The van der Waals surface area contributed by atoms with E-state index in [1.165, 1.54) is 0 Å². The first-order valence-electron chi connectivity index (χ1n) is 7.96. The molecule has 1 aliphatic rings. The molecule has 0 atom stereocenters. The summed E-state index contributed by atoms with van der Waals surface area (Å²) in [6.07, 6.45) is -10.2. The molecule has 0 saturated carbocycles. The van der Waals surface area contributed by atoms with E-state index in [-0.39, 0.29) is 6.04 Å². The van der Waals surface area contributed by atoms with Crippen molar-refractivity contribution >= 4 is 11.9 Å². The van der Waals surface area contributed by atoms with Crippen LogP contribution >= 0.6 is 0 Å². The Morgan fingerprint density at radius 2 is 1.45 bits per heavy atom. The number of carbonyl (C=O) groups is 2. The molecule has 3 N–H and O–H groups in total. The Balaban J connectivity index is 0.000000473. The molecule has 0 bridgehead atoms. The topological polar surface area (TPSA) is 133 Å². The van der Waals surface area contributed by atoms with Crippen LogP contribution in [0.2, 0.25) is 0 Å². The molecule has 29 heavy (non-hydrogen) atoms. The van der Waals surface area contributed by atoms with Gasteiger partial charge in [-0.25, -0.2) is 9.59 Å². The van der Waals surface area contributed by atoms with E-state index in [0.717, 1.165) is 38.5 Å². The van der Waals surface area contributed by atoms with Gasteiger partial charge in [0.15, 0.2) is 5.82 Å². The molecular weight excluding hydrogens is 418 g/mol. The second-order valence-corrected chi connectivity index (χ2v) is 5.75. The summed E-state index contributed by atoms with van der Waals surface area (Å²) in [6, 6.07) is 0.286. The van der Waals surface area contributed by atoms with Crippen LogP contribution in [-0.4, -0.2) is 85.8 Å². The average molecular weight is 438 g/mol. The van der Waals surface area contributed by atoms with Gasteiger partial charge in [-0.05, 0) is 19.1 Å². The number of nitrogens with one attached hydrogen (secondary N) is 1. The molecule has 16 heteroatoms. The Hall–Kier alpha value is -2.49. The third-order valence-electron chi connectivity index (χ3n) is 2.99. The number of tetrazole rings is 1. The van der Waals surface area contributed by atoms with Crippen LogP contribution in [0.4, 0.5) is 26.3 Å². The number of aliphatic carboxylic acids is 2. The van der Waals surface area contributed by atoms with Crippen LogP contribution in [0.3, 0.4) is 0 Å². The lowest BCUT2D eigenvalue weighted by atomic mass is 10.3. The number of hydrogen-bond donors (Lipinski definition) is 3. The lowest BCUT2D eigenvalue weighted by Crippen LogP contribution is -2.43. The summed E-state index contributed by atoms with van der Waals surface area (Å²) in [6.45, 7) is 9.16. The molecule has 0 spiro atoms. The molecule has 0 aliphatic carbocycles. The highest BCUT2D eigenvalue weighted by Gasteiger charge is 2.38. The van der Waals surface area contributed by atoms with E-state index in [4.69, 9.17) is 19.8 Å². The number of carboxylic acids is 2. The van der Waals surface area contributed by atoms with Crippen molar-refractivity contribution in [2.45, 2.75) is 38.8 Å². The summed E-state index contributed by atoms with van der Waals surface area (Å²) < 4.78 is 63.5. The van der Waals surface area contributed by atoms with Crippen molar-refractivity contribution in [1.82, 2.24) is 30.4 Å². The molecule has 0 aromatic carbocycles. The Morgan fingerprint density at radius 1 is 1.03 bits per heavy atom. The van der Waals surface area contributed by atoms with Gasteiger partial charge in [0, 0.05) is 26.2 Å². The molecular formula is C13H20F6N6O4. The number of alkyl halides is 6. The van der Waals surface area contributed by atoms with Gasteiger partial charge in [0.25, 0.3) is 0 Å². The largest absolute Gasteiger partial charge is 0.490 e. The summed E-state index contributed by atoms with van der Waals surface area (Å²) in [5.74, 6) is -4.69. The van der Waals surface area contributed by atoms with Crippen molar-refractivity contribution in [3.8, 4) is 0 Å². The summed E-state index contributed by atoms with van der Waals surface area (Å²) in [4.78, 5) is 21.8. The van der Waals surface area contributed by atoms with E-state index in [9.17, 15) is 26.3 Å². The maximum absolute atomic E-state index is 10.6. The highest BCUT2D eigenvalue weighted by Crippen LogP contribution is 2.13. The fourth-order valence-corrected chi connectivity index (χ4v) is 1.61. The van der Waals surface area contributed by atoms with Crippen LogP contribution in [0.25, 0.3) is 0 Å². The first kappa shape index (κ1) is 26.5. The maximum Gasteiger partial charge on any atom is 0.490 e. The van der Waals surface area contributed by atoms with E-state index in [1.807, 2.05) is 0 Å². The van der Waals surface area contributed by atoms with Gasteiger partial charge in [0.05, 0.1) is 12.6 Å². The Morgan fingerprint density at radius 3 is 1.76 bits per heavy atom. The van der Waals surface area contributed by atoms with Crippen LogP contribution in [0, 0.1) is 0 Å². The summed E-state index contributed by atoms with van der Waals surface area (Å²) in [7, 11) is 0. The van der Waals surface area contributed by atoms with E-state index in [2.05, 4.69) is 39.5 Å². The van der Waals surface area contributed by atoms with Crippen LogP contribution < -0.4 is 5.32 Å². The zero-order valence-corrected chi connectivity index (χ0v) is 15.3. The molecule has 0 amide bonds. The molecule has 1 aliphatic heterocycles. The first-order valence-corrected chi connectivity index (χ1v) is 7.96. The fraction of sp³-hybridized carbons (Fsp3) is 0.769. The predicted octanol–water partition coefficient (Wildman–Crippen LogP) is 0.926. The van der Waals surface area contributed by atoms with Crippen molar-refractivity contribution in [3.05, 3.63) is 5.82 Å². The van der Waals surface area contributed by atoms with Crippen molar-refractivity contribution in [1.29, 1.82) is 0 Å². The van der Waals surface area contributed by atoms with Crippen molar-refractivity contribution < 1.29 is 46.1 Å². The number of rotatable bonds is 3. The van der Waals surface area contributed by atoms with Gasteiger partial charge in [0.2, 0.25) is 0 Å². The van der Waals surface area contributed by atoms with Gasteiger partial charge >= 0.3 is 24.3 Å². The average Bonchev–Trinajstić information content (AvgIpc) is 3.04. The number of carboxylic acid groups (broad SMARTS) is 2. The fourth-order valence-electron chi connectivity index (χ4n) is 1.61. The second-order valence-electron chi connectivity index (χ2n) is 5.75. The van der Waals surface area contributed by atoms with Gasteiger partial charge < -0.3 is 15.5 Å². The van der Waals surface area contributed by atoms with Gasteiger partial charge in [0.1, 0.15) is 0 Å². The minimum absolute atomic E-state index is 0.286. The lowest BCUT2D eigenvalue weighted by molar-refractivity contribution is -0.193. The Bertz CT molecular complexity index is 618. The molecule has 1 aromatic heterocycles. The van der Waals surface area contributed by atoms with Crippen LogP contribution in [0.5, 0.6) is 0 Å². The Labute approximate surface area is 160 Å². The van der Waals surface area contributed by atoms with E-state index >= 15 is 0 Å². The molecule has 2 heterocycles. The highest BCUT2D eigenvalue weighted by atomic mass is 19.4. The highest BCUT2D eigenvalue weighted by molar-refractivity contribution is 5.73. The van der Waals surface area contributed by atoms with Crippen molar-refractivity contribution in [2.24, 2.45) is 0 Å². The van der Waals surface area contributed by atoms with Crippen LogP contribution in [-0.2, 0) is 16.1 Å². The molecule has 0 radical (unpaired) electrons. The number of nitrogens with zero attached hydrogens (tertiary/aromatic N) is 5. The molecule has 1 fully saturated rings. The Kier molecular flexibility index (Phi) is 10.5. The van der Waals surface area contributed by atoms with Gasteiger partial charge in [-0.2, -0.15) is 31.1 Å².